The smallest absolute Gasteiger partial charge is 0.274 e. The van der Waals surface area contributed by atoms with E-state index in [4.69, 9.17) is 4.74 Å². The second kappa shape index (κ2) is 4.42. The Kier molecular flexibility index (Phi) is 3.22. The lowest BCUT2D eigenvalue weighted by molar-refractivity contribution is 0.251. The first-order chi connectivity index (χ1) is 6.34. The average molecular weight is 262 g/mol. The molecule has 4 heteroatoms. The highest BCUT2D eigenvalue weighted by molar-refractivity contribution is 9.10. The van der Waals surface area contributed by atoms with Crippen molar-refractivity contribution < 1.29 is 4.74 Å². The van der Waals surface area contributed by atoms with E-state index in [1.54, 1.807) is 11.3 Å². The summed E-state index contributed by atoms with van der Waals surface area (Å²) in [6, 6.07) is 0. The van der Waals surface area contributed by atoms with Gasteiger partial charge >= 0.3 is 0 Å². The molecule has 2 rings (SSSR count). The Morgan fingerprint density at radius 1 is 1.54 bits per heavy atom. The molecule has 72 valence electrons. The van der Waals surface area contributed by atoms with Crippen LogP contribution in [0, 0.1) is 5.92 Å². The van der Waals surface area contributed by atoms with E-state index >= 15 is 0 Å². The predicted octanol–water partition coefficient (Wildman–Crippen LogP) is 3.47. The molecular weight excluding hydrogens is 250 g/mol. The molecule has 13 heavy (non-hydrogen) atoms. The summed E-state index contributed by atoms with van der Waals surface area (Å²) in [5.74, 6) is 0.766. The molecular formula is C9H12BrNOS. The highest BCUT2D eigenvalue weighted by Gasteiger charge is 2.15. The fraction of sp³-hybridized carbons (Fsp3) is 0.667. The van der Waals surface area contributed by atoms with Gasteiger partial charge in [-0.3, -0.25) is 0 Å². The van der Waals surface area contributed by atoms with Crippen LogP contribution < -0.4 is 4.74 Å². The Hall–Kier alpha value is -0.0900. The van der Waals surface area contributed by atoms with E-state index < -0.39 is 0 Å². The molecule has 0 aromatic carbocycles. The molecule has 1 aromatic rings. The summed E-state index contributed by atoms with van der Waals surface area (Å²) in [6.07, 6.45) is 5.39. The largest absolute Gasteiger partial charge is 0.470 e. The van der Waals surface area contributed by atoms with E-state index in [-0.39, 0.29) is 0 Å². The van der Waals surface area contributed by atoms with Gasteiger partial charge in [-0.05, 0) is 34.7 Å². The number of hydrogen-bond donors (Lipinski definition) is 0. The maximum absolute atomic E-state index is 5.59. The van der Waals surface area contributed by atoms with Crippen LogP contribution in [0.3, 0.4) is 0 Å². The van der Waals surface area contributed by atoms with Crippen LogP contribution in [0.25, 0.3) is 0 Å². The molecule has 1 fully saturated rings. The molecule has 0 bridgehead atoms. The van der Waals surface area contributed by atoms with Crippen molar-refractivity contribution in [1.29, 1.82) is 0 Å². The van der Waals surface area contributed by atoms with Gasteiger partial charge in [0.25, 0.3) is 5.19 Å². The molecule has 0 spiro atoms. The molecule has 0 N–H and O–H groups in total. The summed E-state index contributed by atoms with van der Waals surface area (Å²) in [4.78, 5) is 4.18. The van der Waals surface area contributed by atoms with Gasteiger partial charge in [0.2, 0.25) is 0 Å². The Morgan fingerprint density at radius 2 is 2.31 bits per heavy atom. The molecule has 0 radical (unpaired) electrons. The van der Waals surface area contributed by atoms with E-state index in [1.807, 2.05) is 5.38 Å². The zero-order chi connectivity index (χ0) is 9.10. The highest BCUT2D eigenvalue weighted by atomic mass is 79.9. The van der Waals surface area contributed by atoms with Crippen LogP contribution in [-0.4, -0.2) is 11.6 Å². The van der Waals surface area contributed by atoms with Crippen LogP contribution in [0.15, 0.2) is 9.98 Å². The number of aromatic nitrogens is 1. The predicted molar refractivity (Wildman–Crippen MR) is 57.3 cm³/mol. The molecule has 1 heterocycles. The third-order valence-corrected chi connectivity index (χ3v) is 3.83. The summed E-state index contributed by atoms with van der Waals surface area (Å²) in [5, 5.41) is 2.74. The van der Waals surface area contributed by atoms with E-state index in [0.29, 0.717) is 0 Å². The molecule has 0 unspecified atom stereocenters. The summed E-state index contributed by atoms with van der Waals surface area (Å²) < 4.78 is 6.46. The van der Waals surface area contributed by atoms with Crippen LogP contribution in [-0.2, 0) is 0 Å². The molecule has 0 atom stereocenters. The average Bonchev–Trinajstić information content (AvgIpc) is 2.71. The fourth-order valence-electron chi connectivity index (χ4n) is 1.67. The van der Waals surface area contributed by atoms with Crippen LogP contribution in [0.5, 0.6) is 5.19 Å². The Labute approximate surface area is 90.5 Å². The van der Waals surface area contributed by atoms with Gasteiger partial charge in [-0.1, -0.05) is 24.2 Å². The normalized spacial score (nSPS) is 17.9. The highest BCUT2D eigenvalue weighted by Crippen LogP contribution is 2.27. The summed E-state index contributed by atoms with van der Waals surface area (Å²) in [6.45, 7) is 0.847. The summed E-state index contributed by atoms with van der Waals surface area (Å²) in [5.41, 5.74) is 0. The van der Waals surface area contributed by atoms with Crippen molar-refractivity contribution in [2.45, 2.75) is 25.7 Å². The number of halogens is 1. The van der Waals surface area contributed by atoms with Crippen LogP contribution in [0.2, 0.25) is 0 Å². The van der Waals surface area contributed by atoms with Gasteiger partial charge in [0.1, 0.15) is 4.60 Å². The monoisotopic (exact) mass is 261 g/mol. The number of rotatable bonds is 3. The zero-order valence-electron chi connectivity index (χ0n) is 7.33. The Balaban J connectivity index is 1.78. The van der Waals surface area contributed by atoms with E-state index in [1.165, 1.54) is 25.7 Å². The lowest BCUT2D eigenvalue weighted by Crippen LogP contribution is -2.07. The van der Waals surface area contributed by atoms with Gasteiger partial charge < -0.3 is 4.74 Å². The van der Waals surface area contributed by atoms with Gasteiger partial charge in [0.15, 0.2) is 0 Å². The maximum Gasteiger partial charge on any atom is 0.274 e. The van der Waals surface area contributed by atoms with Crippen LogP contribution >= 0.6 is 27.3 Å². The second-order valence-corrected chi connectivity index (χ2v) is 5.03. The second-order valence-electron chi connectivity index (χ2n) is 3.40. The zero-order valence-corrected chi connectivity index (χ0v) is 9.73. The maximum atomic E-state index is 5.59. The van der Waals surface area contributed by atoms with Crippen molar-refractivity contribution in [1.82, 2.24) is 4.98 Å². The minimum atomic E-state index is 0.766. The van der Waals surface area contributed by atoms with Crippen molar-refractivity contribution in [3.63, 3.8) is 0 Å². The minimum absolute atomic E-state index is 0.766. The minimum Gasteiger partial charge on any atom is -0.470 e. The first-order valence-electron chi connectivity index (χ1n) is 4.58. The molecule has 0 aliphatic heterocycles. The van der Waals surface area contributed by atoms with Crippen molar-refractivity contribution in [3.8, 4) is 5.19 Å². The summed E-state index contributed by atoms with van der Waals surface area (Å²) >= 11 is 4.86. The van der Waals surface area contributed by atoms with E-state index in [9.17, 15) is 0 Å². The molecule has 1 aliphatic rings. The van der Waals surface area contributed by atoms with Crippen LogP contribution in [0.1, 0.15) is 25.7 Å². The van der Waals surface area contributed by atoms with Gasteiger partial charge in [-0.2, -0.15) is 4.98 Å². The molecule has 0 saturated heterocycles. The Bertz CT molecular complexity index is 270. The third kappa shape index (κ3) is 2.68. The van der Waals surface area contributed by atoms with Crippen LogP contribution in [0.4, 0.5) is 0 Å². The first kappa shape index (κ1) is 9.46. The van der Waals surface area contributed by atoms with Gasteiger partial charge in [0, 0.05) is 5.38 Å². The van der Waals surface area contributed by atoms with Crippen molar-refractivity contribution in [3.05, 3.63) is 9.98 Å². The molecule has 1 aliphatic carbocycles. The number of nitrogens with zero attached hydrogens (tertiary/aromatic N) is 1. The lowest BCUT2D eigenvalue weighted by Gasteiger charge is -2.07. The fourth-order valence-corrected chi connectivity index (χ4v) is 2.77. The van der Waals surface area contributed by atoms with Gasteiger partial charge in [0.05, 0.1) is 6.61 Å². The van der Waals surface area contributed by atoms with Crippen molar-refractivity contribution >= 4 is 27.3 Å². The number of thiazole rings is 1. The molecule has 2 nitrogen and oxygen atoms in total. The van der Waals surface area contributed by atoms with Crippen molar-refractivity contribution in [2.24, 2.45) is 5.92 Å². The quantitative estimate of drug-likeness (QED) is 0.832. The Morgan fingerprint density at radius 3 is 2.92 bits per heavy atom. The number of ether oxygens (including phenoxy) is 1. The molecule has 1 aromatic heterocycles. The third-order valence-electron chi connectivity index (χ3n) is 2.37. The van der Waals surface area contributed by atoms with E-state index in [2.05, 4.69) is 20.9 Å². The molecule has 0 amide bonds. The number of hydrogen-bond acceptors (Lipinski definition) is 3. The van der Waals surface area contributed by atoms with Crippen molar-refractivity contribution in [2.75, 3.05) is 6.61 Å². The first-order valence-corrected chi connectivity index (χ1v) is 6.25. The topological polar surface area (TPSA) is 22.1 Å². The van der Waals surface area contributed by atoms with Gasteiger partial charge in [-0.15, -0.1) is 0 Å². The lowest BCUT2D eigenvalue weighted by atomic mass is 10.1. The standard InChI is InChI=1S/C9H12BrNOS/c10-8-6-13-9(11-8)12-5-7-3-1-2-4-7/h6-7H,1-5H2. The van der Waals surface area contributed by atoms with E-state index in [0.717, 1.165) is 22.3 Å². The van der Waals surface area contributed by atoms with Gasteiger partial charge in [-0.25, -0.2) is 0 Å². The SMILES string of the molecule is Brc1csc(OCC2CCCC2)n1. The summed E-state index contributed by atoms with van der Waals surface area (Å²) in [7, 11) is 0. The molecule has 1 saturated carbocycles.